The Bertz CT molecular complexity index is 5810. The van der Waals surface area contributed by atoms with Crippen LogP contribution in [0.4, 0.5) is 30.7 Å². The van der Waals surface area contributed by atoms with Crippen LogP contribution in [0.3, 0.4) is 0 Å². The van der Waals surface area contributed by atoms with E-state index in [0.717, 1.165) is 119 Å². The highest BCUT2D eigenvalue weighted by Gasteiger charge is 2.32. The number of rotatable bonds is 11. The Hall–Kier alpha value is -12.2. The van der Waals surface area contributed by atoms with Crippen molar-refractivity contribution in [2.24, 2.45) is 0 Å². The molecule has 0 amide bonds. The molecule has 0 bridgehead atoms. The van der Waals surface area contributed by atoms with Crippen LogP contribution in [0.2, 0.25) is 0 Å². The molecular weight excluding hydrogens is 1310 g/mol. The Morgan fingerprint density at radius 1 is 0.416 bits per heavy atom. The number of H-pyrrole nitrogens is 3. The second-order valence-corrected chi connectivity index (χ2v) is 24.8. The summed E-state index contributed by atoms with van der Waals surface area (Å²) in [6, 6.07) is 40.5. The molecule has 0 atom stereocenters. The molecule has 2 aliphatic rings. The molecule has 0 saturated carbocycles. The average Bonchev–Trinajstić information content (AvgIpc) is 1.59. The molecule has 2 fully saturated rings. The largest absolute Gasteiger partial charge is 0.478 e. The van der Waals surface area contributed by atoms with Crippen molar-refractivity contribution >= 4 is 83.3 Å². The summed E-state index contributed by atoms with van der Waals surface area (Å²) < 4.78 is 117. The van der Waals surface area contributed by atoms with Crippen molar-refractivity contribution in [2.75, 3.05) is 26.4 Å². The van der Waals surface area contributed by atoms with Gasteiger partial charge in [0.15, 0.2) is 23.3 Å². The molecule has 0 unspecified atom stereocenters. The Morgan fingerprint density at radius 2 is 0.851 bits per heavy atom. The second-order valence-electron chi connectivity index (χ2n) is 24.8. The zero-order valence-corrected chi connectivity index (χ0v) is 53.3. The highest BCUT2D eigenvalue weighted by molar-refractivity contribution is 6.09. The number of nitrogens with one attached hydrogen (secondary N) is 3. The van der Waals surface area contributed by atoms with Gasteiger partial charge < -0.3 is 38.5 Å². The van der Waals surface area contributed by atoms with Crippen molar-refractivity contribution in [3.8, 4) is 50.4 Å². The van der Waals surface area contributed by atoms with Gasteiger partial charge in [-0.1, -0.05) is 30.3 Å². The van der Waals surface area contributed by atoms with Gasteiger partial charge in [0, 0.05) is 134 Å². The summed E-state index contributed by atoms with van der Waals surface area (Å²) in [7, 11) is 0. The van der Waals surface area contributed by atoms with E-state index in [0.29, 0.717) is 96.8 Å². The summed E-state index contributed by atoms with van der Waals surface area (Å²) in [6.45, 7) is 4.09. The van der Waals surface area contributed by atoms with Crippen LogP contribution in [-0.4, -0.2) is 104 Å². The van der Waals surface area contributed by atoms with Crippen molar-refractivity contribution in [1.29, 1.82) is 0 Å². The summed E-state index contributed by atoms with van der Waals surface area (Å²) in [6.07, 6.45) is 7.83. The number of aromatic nitrogens is 9. The minimum Gasteiger partial charge on any atom is -0.478 e. The number of carboxylic acids is 3. The first-order valence-electron chi connectivity index (χ1n) is 32.1. The minimum absolute atomic E-state index is 0.0204. The summed E-state index contributed by atoms with van der Waals surface area (Å²) in [5, 5.41) is 54.4. The third-order valence-electron chi connectivity index (χ3n) is 18.9. The predicted octanol–water partition coefficient (Wildman–Crippen LogP) is 17.7. The summed E-state index contributed by atoms with van der Waals surface area (Å²) in [4.78, 5) is 34.4. The Kier molecular flexibility index (Phi) is 16.9. The van der Waals surface area contributed by atoms with Crippen LogP contribution >= 0.6 is 0 Å². The topological polar surface area (TPSA) is 231 Å². The molecule has 2 saturated heterocycles. The van der Waals surface area contributed by atoms with Gasteiger partial charge in [-0.15, -0.1) is 0 Å². The third-order valence-corrected chi connectivity index (χ3v) is 18.9. The lowest BCUT2D eigenvalue weighted by Gasteiger charge is -2.26. The summed E-state index contributed by atoms with van der Waals surface area (Å²) in [5.74, 6) is -9.59. The van der Waals surface area contributed by atoms with Crippen LogP contribution in [0.1, 0.15) is 85.7 Å². The number of aromatic amines is 3. The van der Waals surface area contributed by atoms with Crippen LogP contribution in [-0.2, 0) is 9.47 Å². The normalized spacial score (nSPS) is 13.7. The Labute approximate surface area is 567 Å². The molecule has 6 N–H and O–H groups in total. The van der Waals surface area contributed by atoms with Crippen molar-refractivity contribution in [3.63, 3.8) is 0 Å². The fourth-order valence-electron chi connectivity index (χ4n) is 14.2. The number of hydrogen-bond donors (Lipinski definition) is 6. The molecule has 0 spiro atoms. The third kappa shape index (κ3) is 11.8. The van der Waals surface area contributed by atoms with E-state index < -0.39 is 63.9 Å². The maximum Gasteiger partial charge on any atom is 0.338 e. The molecule has 9 aromatic carbocycles. The molecule has 6 aromatic heterocycles. The molecule has 101 heavy (non-hydrogen) atoms. The van der Waals surface area contributed by atoms with Crippen LogP contribution in [0, 0.1) is 47.6 Å². The maximum atomic E-state index is 14.9. The van der Waals surface area contributed by atoms with E-state index >= 15 is 0 Å². The first-order chi connectivity index (χ1) is 48.9. The zero-order valence-electron chi connectivity index (χ0n) is 53.3. The molecule has 15 aromatic rings. The fourth-order valence-corrected chi connectivity index (χ4v) is 14.2. The highest BCUT2D eigenvalue weighted by Crippen LogP contribution is 2.48. The summed E-state index contributed by atoms with van der Waals surface area (Å²) in [5.41, 5.74) is 12.6. The van der Waals surface area contributed by atoms with Gasteiger partial charge >= 0.3 is 17.9 Å². The zero-order chi connectivity index (χ0) is 70.1. The summed E-state index contributed by atoms with van der Waals surface area (Å²) >= 11 is 0. The van der Waals surface area contributed by atoms with Crippen molar-refractivity contribution in [2.45, 2.75) is 44.4 Å². The number of nitrogens with zero attached hydrogens (tertiary/aromatic N) is 6. The molecule has 24 heteroatoms. The van der Waals surface area contributed by atoms with Gasteiger partial charge in [0.2, 0.25) is 0 Å². The van der Waals surface area contributed by atoms with E-state index in [1.807, 2.05) is 63.1 Å². The number of fused-ring (bicyclic) bond motifs is 6. The maximum absolute atomic E-state index is 14.9. The standard InChI is InChI=1S/2C27H20F3N3O3.C23H16FN3O2/c28-20-3-1-15(9-18(20)27(34)35)25-19-12-23-16(13-31-32-23)10-24(19)33(17-2-4-21(29)22(30)11-17)26(25)14-5-7-36-8-6-14;28-20-4-2-17(11-22(20)30)33-24-10-16-13-31-32-23(16)12-19(24)25(26(33)14-5-7-36-8-6-14)15-1-3-18(27(34)35)21(29)9-15;1-13-22(14-5-7-15(8-6-14)23(28)29)19-11-20-16(12-25-26-20)9-21(19)27(13)18-4-2-3-17(24)10-18/h2*1-4,9-14H,5-8H2,(H,31,32)(H,34,35);2-12H,1H3,(H,25,26)(H,28,29). The quantitative estimate of drug-likeness (QED) is 0.0667. The lowest BCUT2D eigenvalue weighted by Crippen LogP contribution is -2.17. The number of carbonyl (C=O) groups is 3. The Morgan fingerprint density at radius 3 is 1.31 bits per heavy atom. The SMILES string of the molecule is Cc1c(-c2ccc(C(=O)O)cc2)c2cc3[nH]ncc3cc2n1-c1cccc(F)c1.O=C(O)c1cc(-c2c(C3CCOCC3)n(-c3ccc(F)c(F)c3)c3cc4cn[nH]c4cc23)ccc1F.O=C(O)c1ccc(-c2c(C3CCOCC3)n(-c3ccc(F)c(F)c3)c3cc4cn[nH]c4cc23)cc1F. The van der Waals surface area contributed by atoms with Gasteiger partial charge in [-0.3, -0.25) is 15.3 Å². The number of halogens is 7. The van der Waals surface area contributed by atoms with Crippen LogP contribution in [0.25, 0.3) is 116 Å². The molecule has 2 aliphatic heterocycles. The van der Waals surface area contributed by atoms with Crippen molar-refractivity contribution in [1.82, 2.24) is 44.3 Å². The molecule has 8 heterocycles. The van der Waals surface area contributed by atoms with E-state index in [4.69, 9.17) is 9.47 Å². The Balaban J connectivity index is 0.000000124. The van der Waals surface area contributed by atoms with Crippen LogP contribution < -0.4 is 0 Å². The van der Waals surface area contributed by atoms with Gasteiger partial charge in [0.05, 0.1) is 68.4 Å². The smallest absolute Gasteiger partial charge is 0.338 e. The lowest BCUT2D eigenvalue weighted by atomic mass is 9.89. The number of benzene rings is 9. The number of ether oxygens (including phenoxy) is 2. The van der Waals surface area contributed by atoms with Gasteiger partial charge in [-0.05, 0) is 165 Å². The predicted molar refractivity (Wildman–Crippen MR) is 366 cm³/mol. The van der Waals surface area contributed by atoms with Crippen molar-refractivity contribution in [3.05, 3.63) is 251 Å². The van der Waals surface area contributed by atoms with E-state index in [-0.39, 0.29) is 23.2 Å². The number of hydrogen-bond acceptors (Lipinski definition) is 8. The second kappa shape index (κ2) is 26.3. The van der Waals surface area contributed by atoms with E-state index in [1.165, 1.54) is 42.5 Å². The molecule has 17 nitrogen and oxygen atoms in total. The van der Waals surface area contributed by atoms with Gasteiger partial charge in [-0.25, -0.2) is 45.1 Å². The van der Waals surface area contributed by atoms with Gasteiger partial charge in [0.25, 0.3) is 0 Å². The molecule has 0 aliphatic carbocycles. The average molecular weight is 1370 g/mol. The number of aromatic carboxylic acids is 3. The fraction of sp³-hybridized carbons (Fsp3) is 0.143. The van der Waals surface area contributed by atoms with E-state index in [2.05, 4.69) is 30.6 Å². The molecule has 0 radical (unpaired) electrons. The highest BCUT2D eigenvalue weighted by atomic mass is 19.2. The van der Waals surface area contributed by atoms with Crippen LogP contribution in [0.5, 0.6) is 0 Å². The minimum atomic E-state index is -1.37. The van der Waals surface area contributed by atoms with Crippen LogP contribution in [0.15, 0.2) is 176 Å². The molecular formula is C77H56F7N9O8. The monoisotopic (exact) mass is 1370 g/mol. The molecule has 17 rings (SSSR count). The van der Waals surface area contributed by atoms with Gasteiger partial charge in [0.1, 0.15) is 17.5 Å². The van der Waals surface area contributed by atoms with E-state index in [1.54, 1.807) is 61.1 Å². The lowest BCUT2D eigenvalue weighted by molar-refractivity contribution is 0.0680. The molecule has 506 valence electrons. The number of carboxylic acid groups (broad SMARTS) is 3. The first-order valence-corrected chi connectivity index (χ1v) is 32.1. The van der Waals surface area contributed by atoms with E-state index in [9.17, 15) is 60.4 Å². The van der Waals surface area contributed by atoms with Gasteiger partial charge in [-0.2, -0.15) is 15.3 Å². The van der Waals surface area contributed by atoms with Crippen molar-refractivity contribution < 1.29 is 69.9 Å². The first kappa shape index (κ1) is 64.8.